The minimum Gasteiger partial charge on any atom is -0.220 e. The number of hydrogen-bond acceptors (Lipinski definition) is 4. The molecular weight excluding hydrogens is 368 g/mol. The third-order valence-corrected chi connectivity index (χ3v) is 6.38. The van der Waals surface area contributed by atoms with Gasteiger partial charge in [-0.1, -0.05) is 54.2 Å². The van der Waals surface area contributed by atoms with E-state index >= 15 is 0 Å². The Labute approximate surface area is 167 Å². The molecule has 1 heterocycles. The molecule has 0 saturated heterocycles. The number of sulfone groups is 1. The van der Waals surface area contributed by atoms with Crippen LogP contribution < -0.4 is 0 Å². The van der Waals surface area contributed by atoms with E-state index in [9.17, 15) is 8.42 Å². The molecule has 0 aromatic heterocycles. The van der Waals surface area contributed by atoms with Crippen LogP contribution in [0.4, 0.5) is 0 Å². The van der Waals surface area contributed by atoms with Crippen molar-refractivity contribution >= 4 is 9.84 Å². The molecule has 0 spiro atoms. The molecular formula is C23H22N2O2S. The molecule has 0 bridgehead atoms. The number of nitrogens with zero attached hydrogens (tertiary/aromatic N) is 2. The van der Waals surface area contributed by atoms with Gasteiger partial charge in [0.05, 0.1) is 17.4 Å². The molecule has 5 heteroatoms. The maximum absolute atomic E-state index is 13.6. The van der Waals surface area contributed by atoms with Crippen molar-refractivity contribution in [3.05, 3.63) is 66.2 Å². The Morgan fingerprint density at radius 3 is 2.21 bits per heavy atom. The summed E-state index contributed by atoms with van der Waals surface area (Å²) in [4.78, 5) is -1.55. The van der Waals surface area contributed by atoms with E-state index in [2.05, 4.69) is 33.9 Å². The van der Waals surface area contributed by atoms with Gasteiger partial charge in [-0.15, -0.1) is 0 Å². The van der Waals surface area contributed by atoms with Crippen molar-refractivity contribution < 1.29 is 8.42 Å². The van der Waals surface area contributed by atoms with E-state index in [1.807, 2.05) is 51.1 Å². The van der Waals surface area contributed by atoms with Crippen LogP contribution in [-0.4, -0.2) is 19.8 Å². The van der Waals surface area contributed by atoms with E-state index in [1.165, 1.54) is 0 Å². The van der Waals surface area contributed by atoms with E-state index < -0.39 is 20.6 Å². The first-order valence-corrected chi connectivity index (χ1v) is 10.5. The van der Waals surface area contributed by atoms with Gasteiger partial charge in [-0.3, -0.25) is 0 Å². The molecule has 2 aromatic rings. The van der Waals surface area contributed by atoms with Crippen LogP contribution in [0.3, 0.4) is 0 Å². The first-order valence-electron chi connectivity index (χ1n) is 9.04. The van der Waals surface area contributed by atoms with Gasteiger partial charge in [0, 0.05) is 11.0 Å². The van der Waals surface area contributed by atoms with Gasteiger partial charge in [-0.05, 0) is 51.0 Å². The van der Waals surface area contributed by atoms with Crippen LogP contribution in [0, 0.1) is 35.0 Å². The van der Waals surface area contributed by atoms with Gasteiger partial charge in [0.25, 0.3) is 4.87 Å². The average molecular weight is 391 g/mol. The fourth-order valence-corrected chi connectivity index (χ4v) is 4.48. The highest BCUT2D eigenvalue weighted by molar-refractivity contribution is 7.93. The second-order valence-electron chi connectivity index (χ2n) is 7.62. The van der Waals surface area contributed by atoms with Gasteiger partial charge in [0.15, 0.2) is 0 Å². The van der Waals surface area contributed by atoms with Crippen molar-refractivity contribution in [1.29, 1.82) is 0 Å². The Morgan fingerprint density at radius 1 is 1.00 bits per heavy atom. The largest absolute Gasteiger partial charge is 0.261 e. The molecule has 1 aliphatic heterocycles. The molecule has 0 amide bonds. The van der Waals surface area contributed by atoms with Crippen LogP contribution >= 0.6 is 0 Å². The van der Waals surface area contributed by atoms with Gasteiger partial charge in [-0.25, -0.2) is 8.42 Å². The molecule has 0 fully saturated rings. The van der Waals surface area contributed by atoms with Gasteiger partial charge in [0.1, 0.15) is 0 Å². The number of hydrogen-bond donors (Lipinski definition) is 0. The summed E-state index contributed by atoms with van der Waals surface area (Å²) in [5.74, 6) is 11.5. The standard InChI is InChI=1S/C23H22N2O2S/c1-22(2,3)16-15-20-18-24-25-23(20,17-14-19-10-6-4-7-11-19)28(26,27)21-12-8-5-9-13-21/h4-13,20H,18H2,1-3H3/t20-,23+/m0/s1. The zero-order valence-corrected chi connectivity index (χ0v) is 17.0. The van der Waals surface area contributed by atoms with Crippen molar-refractivity contribution in [2.24, 2.45) is 21.6 Å². The van der Waals surface area contributed by atoms with E-state index in [-0.39, 0.29) is 16.9 Å². The Morgan fingerprint density at radius 2 is 1.61 bits per heavy atom. The number of azo groups is 1. The normalized spacial score (nSPS) is 21.3. The quantitative estimate of drug-likeness (QED) is 0.716. The van der Waals surface area contributed by atoms with Crippen LogP contribution in [0.2, 0.25) is 0 Å². The summed E-state index contributed by atoms with van der Waals surface area (Å²) >= 11 is 0. The lowest BCUT2D eigenvalue weighted by Gasteiger charge is -2.23. The average Bonchev–Trinajstić information content (AvgIpc) is 3.10. The maximum Gasteiger partial charge on any atom is 0.261 e. The lowest BCUT2D eigenvalue weighted by molar-refractivity contribution is 0.531. The second kappa shape index (κ2) is 7.62. The summed E-state index contributed by atoms with van der Waals surface area (Å²) in [5.41, 5.74) is 0.451. The van der Waals surface area contributed by atoms with Gasteiger partial charge in [0.2, 0.25) is 9.84 Å². The molecule has 2 aromatic carbocycles. The zero-order chi connectivity index (χ0) is 20.3. The Kier molecular flexibility index (Phi) is 5.40. The molecule has 0 aliphatic carbocycles. The molecule has 142 valence electrons. The highest BCUT2D eigenvalue weighted by atomic mass is 32.2. The fraction of sp³-hybridized carbons (Fsp3) is 0.304. The number of rotatable bonds is 2. The number of benzene rings is 2. The molecule has 0 unspecified atom stereocenters. The van der Waals surface area contributed by atoms with E-state index in [1.54, 1.807) is 30.3 Å². The zero-order valence-electron chi connectivity index (χ0n) is 16.2. The summed E-state index contributed by atoms with van der Waals surface area (Å²) in [5, 5.41) is 8.24. The predicted molar refractivity (Wildman–Crippen MR) is 110 cm³/mol. The first kappa shape index (κ1) is 19.9. The molecule has 0 radical (unpaired) electrons. The minimum atomic E-state index is -3.92. The third-order valence-electron chi connectivity index (χ3n) is 4.20. The van der Waals surface area contributed by atoms with E-state index in [0.717, 1.165) is 5.56 Å². The smallest absolute Gasteiger partial charge is 0.220 e. The topological polar surface area (TPSA) is 58.9 Å². The van der Waals surface area contributed by atoms with Crippen LogP contribution in [0.15, 0.2) is 75.8 Å². The summed E-state index contributed by atoms with van der Waals surface area (Å²) in [6.07, 6.45) is 0. The SMILES string of the molecule is CC(C)(C)C#C[C@H]1CN=N[C@]1(C#Cc1ccccc1)S(=O)(=O)c1ccccc1. The summed E-state index contributed by atoms with van der Waals surface area (Å²) in [7, 11) is -3.92. The van der Waals surface area contributed by atoms with Gasteiger partial charge >= 0.3 is 0 Å². The van der Waals surface area contributed by atoms with Crippen LogP contribution in [0.25, 0.3) is 0 Å². The minimum absolute atomic E-state index is 0.167. The Bertz CT molecular complexity index is 1090. The first-order chi connectivity index (χ1) is 13.2. The third kappa shape index (κ3) is 4.01. The van der Waals surface area contributed by atoms with Crippen LogP contribution in [-0.2, 0) is 9.84 Å². The van der Waals surface area contributed by atoms with Crippen LogP contribution in [0.5, 0.6) is 0 Å². The summed E-state index contributed by atoms with van der Waals surface area (Å²) < 4.78 is 27.2. The van der Waals surface area contributed by atoms with Crippen molar-refractivity contribution in [2.45, 2.75) is 30.5 Å². The van der Waals surface area contributed by atoms with Crippen molar-refractivity contribution in [3.63, 3.8) is 0 Å². The van der Waals surface area contributed by atoms with E-state index in [4.69, 9.17) is 0 Å². The molecule has 28 heavy (non-hydrogen) atoms. The molecule has 0 N–H and O–H groups in total. The molecule has 1 aliphatic rings. The lowest BCUT2D eigenvalue weighted by Crippen LogP contribution is -2.41. The second-order valence-corrected chi connectivity index (χ2v) is 9.73. The Hall–Kier alpha value is -2.89. The Balaban J connectivity index is 2.18. The van der Waals surface area contributed by atoms with Crippen LogP contribution in [0.1, 0.15) is 26.3 Å². The van der Waals surface area contributed by atoms with Crippen molar-refractivity contribution in [1.82, 2.24) is 0 Å². The van der Waals surface area contributed by atoms with E-state index in [0.29, 0.717) is 0 Å². The predicted octanol–water partition coefficient (Wildman–Crippen LogP) is 4.34. The fourth-order valence-electron chi connectivity index (χ4n) is 2.75. The highest BCUT2D eigenvalue weighted by Crippen LogP contribution is 2.38. The highest BCUT2D eigenvalue weighted by Gasteiger charge is 2.53. The summed E-state index contributed by atoms with van der Waals surface area (Å²) in [6.45, 7) is 6.14. The monoisotopic (exact) mass is 390 g/mol. The van der Waals surface area contributed by atoms with Crippen molar-refractivity contribution in [3.8, 4) is 23.7 Å². The lowest BCUT2D eigenvalue weighted by atomic mass is 9.94. The molecule has 0 saturated carbocycles. The van der Waals surface area contributed by atoms with Crippen molar-refractivity contribution in [2.75, 3.05) is 6.54 Å². The van der Waals surface area contributed by atoms with Gasteiger partial charge in [-0.2, -0.15) is 10.2 Å². The van der Waals surface area contributed by atoms with Gasteiger partial charge < -0.3 is 0 Å². The molecule has 2 atom stereocenters. The maximum atomic E-state index is 13.6. The summed E-state index contributed by atoms with van der Waals surface area (Å²) in [6, 6.07) is 17.5. The molecule has 4 nitrogen and oxygen atoms in total. The molecule has 3 rings (SSSR count).